The predicted molar refractivity (Wildman–Crippen MR) is 146 cm³/mol. The molecule has 0 unspecified atom stereocenters. The van der Waals surface area contributed by atoms with E-state index in [4.69, 9.17) is 19.3 Å². The number of ether oxygens (including phenoxy) is 3. The summed E-state index contributed by atoms with van der Waals surface area (Å²) in [5.74, 6) is 6.04. The zero-order valence-electron chi connectivity index (χ0n) is 21.1. The largest absolute Gasteiger partial charge is 0.490 e. The number of pyridine rings is 1. The van der Waals surface area contributed by atoms with Crippen LogP contribution in [0.3, 0.4) is 0 Å². The highest BCUT2D eigenvalue weighted by Crippen LogP contribution is 2.36. The van der Waals surface area contributed by atoms with Gasteiger partial charge in [-0.25, -0.2) is 0 Å². The van der Waals surface area contributed by atoms with Crippen molar-refractivity contribution in [2.45, 2.75) is 32.8 Å². The second-order valence-corrected chi connectivity index (χ2v) is 9.47. The van der Waals surface area contributed by atoms with Gasteiger partial charge in [0.15, 0.2) is 0 Å². The molecule has 0 aliphatic heterocycles. The molecule has 0 aliphatic carbocycles. The Morgan fingerprint density at radius 2 is 1.89 bits per heavy atom. The van der Waals surface area contributed by atoms with Crippen molar-refractivity contribution in [1.82, 2.24) is 4.98 Å². The Balaban J connectivity index is 1.48. The summed E-state index contributed by atoms with van der Waals surface area (Å²) in [6, 6.07) is 15.8. The van der Waals surface area contributed by atoms with Gasteiger partial charge in [-0.2, -0.15) is 0 Å². The summed E-state index contributed by atoms with van der Waals surface area (Å²) in [7, 11) is 1.65. The summed E-state index contributed by atoms with van der Waals surface area (Å²) in [5, 5.41) is 12.4. The summed E-state index contributed by atoms with van der Waals surface area (Å²) < 4.78 is 18.0. The van der Waals surface area contributed by atoms with Gasteiger partial charge in [0.2, 0.25) is 0 Å². The molecule has 190 valence electrons. The first-order chi connectivity index (χ1) is 18.0. The lowest BCUT2D eigenvalue weighted by molar-refractivity contribution is -0.137. The van der Waals surface area contributed by atoms with Crippen molar-refractivity contribution >= 4 is 27.4 Å². The van der Waals surface area contributed by atoms with E-state index in [1.165, 1.54) is 4.70 Å². The molecule has 7 heteroatoms. The van der Waals surface area contributed by atoms with Crippen LogP contribution in [0.5, 0.6) is 11.5 Å². The van der Waals surface area contributed by atoms with Gasteiger partial charge in [-0.15, -0.1) is 17.3 Å². The number of hydrogen-bond acceptors (Lipinski definition) is 6. The lowest BCUT2D eigenvalue weighted by Crippen LogP contribution is -2.04. The molecule has 0 radical (unpaired) electrons. The van der Waals surface area contributed by atoms with Crippen LogP contribution in [0, 0.1) is 18.8 Å². The average molecular weight is 516 g/mol. The van der Waals surface area contributed by atoms with Gasteiger partial charge in [0.25, 0.3) is 0 Å². The number of fused-ring (bicyclic) bond motifs is 1. The summed E-state index contributed by atoms with van der Waals surface area (Å²) in [5.41, 5.74) is 4.99. The number of benzene rings is 2. The molecule has 0 spiro atoms. The number of aryl methyl sites for hydroxylation is 1. The minimum Gasteiger partial charge on any atom is -0.490 e. The van der Waals surface area contributed by atoms with Crippen LogP contribution in [0.25, 0.3) is 21.3 Å². The maximum Gasteiger partial charge on any atom is 0.304 e. The van der Waals surface area contributed by atoms with Crippen LogP contribution in [0.4, 0.5) is 0 Å². The molecule has 0 fully saturated rings. The third-order valence-corrected chi connectivity index (χ3v) is 6.85. The molecule has 0 aliphatic rings. The van der Waals surface area contributed by atoms with Gasteiger partial charge in [-0.1, -0.05) is 24.1 Å². The van der Waals surface area contributed by atoms with Crippen molar-refractivity contribution in [2.75, 3.05) is 20.3 Å². The maximum absolute atomic E-state index is 11.1. The summed E-state index contributed by atoms with van der Waals surface area (Å²) in [6.07, 6.45) is 1.73. The minimum absolute atomic E-state index is 0.0259. The molecule has 2 aromatic heterocycles. The van der Waals surface area contributed by atoms with Crippen molar-refractivity contribution in [1.29, 1.82) is 0 Å². The number of rotatable bonds is 11. The number of carboxylic acid groups (broad SMARTS) is 1. The molecule has 4 rings (SSSR count). The van der Waals surface area contributed by atoms with Crippen LogP contribution in [0.15, 0.2) is 60.1 Å². The van der Waals surface area contributed by atoms with Crippen LogP contribution < -0.4 is 9.47 Å². The zero-order valence-corrected chi connectivity index (χ0v) is 21.9. The molecule has 2 aromatic carbocycles. The normalized spacial score (nSPS) is 11.5. The molecule has 0 bridgehead atoms. The van der Waals surface area contributed by atoms with E-state index >= 15 is 0 Å². The van der Waals surface area contributed by atoms with Gasteiger partial charge in [0.05, 0.1) is 30.8 Å². The van der Waals surface area contributed by atoms with Crippen LogP contribution in [-0.2, 0) is 16.1 Å². The first-order valence-electron chi connectivity index (χ1n) is 11.9. The fraction of sp³-hybridized carbons (Fsp3) is 0.267. The van der Waals surface area contributed by atoms with Crippen LogP contribution >= 0.6 is 11.3 Å². The van der Waals surface area contributed by atoms with Crippen LogP contribution in [0.2, 0.25) is 0 Å². The van der Waals surface area contributed by atoms with Gasteiger partial charge < -0.3 is 19.3 Å². The molecule has 0 saturated carbocycles. The highest BCUT2D eigenvalue weighted by molar-refractivity contribution is 7.17. The summed E-state index contributed by atoms with van der Waals surface area (Å²) in [4.78, 5) is 15.8. The Hall–Kier alpha value is -3.86. The van der Waals surface area contributed by atoms with Gasteiger partial charge in [0.1, 0.15) is 24.7 Å². The number of carbonyl (C=O) groups is 1. The maximum atomic E-state index is 11.1. The first-order valence-corrected chi connectivity index (χ1v) is 12.8. The minimum atomic E-state index is -0.868. The van der Waals surface area contributed by atoms with E-state index in [0.29, 0.717) is 19.8 Å². The molecule has 1 N–H and O–H groups in total. The number of hydrogen-bond donors (Lipinski definition) is 1. The quantitative estimate of drug-likeness (QED) is 0.183. The van der Waals surface area contributed by atoms with E-state index in [9.17, 15) is 4.79 Å². The molecule has 6 nitrogen and oxygen atoms in total. The smallest absolute Gasteiger partial charge is 0.304 e. The number of thiophene rings is 1. The van der Waals surface area contributed by atoms with Crippen LogP contribution in [0.1, 0.15) is 36.0 Å². The Morgan fingerprint density at radius 3 is 2.59 bits per heavy atom. The Labute approximate surface area is 220 Å². The Bertz CT molecular complexity index is 1430. The molecular formula is C30H29NO5S. The lowest BCUT2D eigenvalue weighted by atomic mass is 9.96. The topological polar surface area (TPSA) is 77.9 Å². The van der Waals surface area contributed by atoms with Crippen molar-refractivity contribution in [2.24, 2.45) is 0 Å². The second kappa shape index (κ2) is 12.4. The van der Waals surface area contributed by atoms with E-state index in [1.54, 1.807) is 31.6 Å². The second-order valence-electron chi connectivity index (χ2n) is 8.56. The van der Waals surface area contributed by atoms with Gasteiger partial charge in [0, 0.05) is 28.1 Å². The van der Waals surface area contributed by atoms with E-state index in [-0.39, 0.29) is 12.3 Å². The van der Waals surface area contributed by atoms with Gasteiger partial charge >= 0.3 is 5.97 Å². The third kappa shape index (κ3) is 6.67. The first kappa shape index (κ1) is 26.2. The molecular weight excluding hydrogens is 486 g/mol. The monoisotopic (exact) mass is 515 g/mol. The van der Waals surface area contributed by atoms with Gasteiger partial charge in [-0.3, -0.25) is 9.78 Å². The SMILES string of the molecule is CC#C[C@@H](CC(=O)O)c1ccc(OCc2ccc3scc(-c4ncc(OCCOC)cc4C)c3c2)cc1. The molecule has 0 saturated heterocycles. The number of nitrogens with zero attached hydrogens (tertiary/aromatic N) is 1. The molecule has 2 heterocycles. The number of methoxy groups -OCH3 is 1. The molecule has 4 aromatic rings. The molecule has 0 amide bonds. The fourth-order valence-electron chi connectivity index (χ4n) is 4.07. The highest BCUT2D eigenvalue weighted by atomic mass is 32.1. The number of aromatic nitrogens is 1. The Morgan fingerprint density at radius 1 is 1.08 bits per heavy atom. The molecule has 37 heavy (non-hydrogen) atoms. The van der Waals surface area contributed by atoms with E-state index in [0.717, 1.165) is 44.8 Å². The lowest BCUT2D eigenvalue weighted by Gasteiger charge is -2.11. The predicted octanol–water partition coefficient (Wildman–Crippen LogP) is 6.46. The summed E-state index contributed by atoms with van der Waals surface area (Å²) in [6.45, 7) is 5.19. The van der Waals surface area contributed by atoms with E-state index < -0.39 is 5.97 Å². The van der Waals surface area contributed by atoms with Crippen molar-refractivity contribution in [3.8, 4) is 34.6 Å². The van der Waals surface area contributed by atoms with E-state index in [1.807, 2.05) is 37.3 Å². The van der Waals surface area contributed by atoms with Crippen molar-refractivity contribution in [3.63, 3.8) is 0 Å². The molecule has 1 atom stereocenters. The Kier molecular flexibility index (Phi) is 8.78. The summed E-state index contributed by atoms with van der Waals surface area (Å²) >= 11 is 1.69. The van der Waals surface area contributed by atoms with Crippen LogP contribution in [-0.4, -0.2) is 36.4 Å². The zero-order chi connectivity index (χ0) is 26.2. The van der Waals surface area contributed by atoms with E-state index in [2.05, 4.69) is 40.4 Å². The third-order valence-electron chi connectivity index (χ3n) is 5.89. The average Bonchev–Trinajstić information content (AvgIpc) is 3.30. The standard InChI is InChI=1S/C30H29NO5S/c1-4-5-23(16-29(32)33)22-7-9-24(10-8-22)36-18-21-6-11-28-26(15-21)27(19-37-28)30-20(2)14-25(17-31-30)35-13-12-34-3/h6-11,14-15,17,19,23H,12-13,16,18H2,1-3H3,(H,32,33)/t23-/m0/s1. The van der Waals surface area contributed by atoms with Crippen molar-refractivity contribution < 1.29 is 24.1 Å². The fourth-order valence-corrected chi connectivity index (χ4v) is 4.99. The van der Waals surface area contributed by atoms with Crippen molar-refractivity contribution in [3.05, 3.63) is 76.8 Å². The number of carboxylic acids is 1. The number of aliphatic carboxylic acids is 1. The van der Waals surface area contributed by atoms with Gasteiger partial charge in [-0.05, 0) is 60.9 Å². The highest BCUT2D eigenvalue weighted by Gasteiger charge is 2.14.